The molecule has 2 aliphatic rings. The van der Waals surface area contributed by atoms with Crippen molar-refractivity contribution in [3.05, 3.63) is 59.8 Å². The van der Waals surface area contributed by atoms with Crippen molar-refractivity contribution in [2.75, 3.05) is 11.4 Å². The average molecular weight is 466 g/mol. The second kappa shape index (κ2) is 10.5. The quantitative estimate of drug-likeness (QED) is 0.523. The third-order valence-corrected chi connectivity index (χ3v) is 6.38. The SMILES string of the molecule is CC(C)(C)OC(=O)N(c1ncccc1[C@@H]1CCCCN1C(=O)OCc1ccccc1)C1CCC1. The second-order valence-corrected chi connectivity index (χ2v) is 10.1. The maximum atomic E-state index is 13.3. The summed E-state index contributed by atoms with van der Waals surface area (Å²) >= 11 is 0. The molecule has 2 aromatic rings. The summed E-state index contributed by atoms with van der Waals surface area (Å²) in [6, 6.07) is 13.4. The Hall–Kier alpha value is -3.09. The van der Waals surface area contributed by atoms with Gasteiger partial charge in [0.05, 0.1) is 6.04 Å². The van der Waals surface area contributed by atoms with Gasteiger partial charge < -0.3 is 14.4 Å². The Balaban J connectivity index is 1.59. The van der Waals surface area contributed by atoms with Crippen molar-refractivity contribution in [1.82, 2.24) is 9.88 Å². The fourth-order valence-corrected chi connectivity index (χ4v) is 4.51. The van der Waals surface area contributed by atoms with E-state index in [2.05, 4.69) is 4.98 Å². The van der Waals surface area contributed by atoms with Gasteiger partial charge in [-0.15, -0.1) is 0 Å². The lowest BCUT2D eigenvalue weighted by molar-refractivity contribution is 0.0545. The fraction of sp³-hybridized carbons (Fsp3) is 0.519. The minimum atomic E-state index is -0.605. The van der Waals surface area contributed by atoms with Crippen LogP contribution in [0.4, 0.5) is 15.4 Å². The highest BCUT2D eigenvalue weighted by Crippen LogP contribution is 2.39. The smallest absolute Gasteiger partial charge is 0.416 e. The topological polar surface area (TPSA) is 72.0 Å². The lowest BCUT2D eigenvalue weighted by Gasteiger charge is -2.41. The van der Waals surface area contributed by atoms with Gasteiger partial charge >= 0.3 is 12.2 Å². The van der Waals surface area contributed by atoms with Gasteiger partial charge in [0.2, 0.25) is 0 Å². The molecule has 182 valence electrons. The minimum absolute atomic E-state index is 0.0607. The van der Waals surface area contributed by atoms with Crippen molar-refractivity contribution in [2.45, 2.75) is 83.6 Å². The first-order valence-electron chi connectivity index (χ1n) is 12.3. The zero-order chi connectivity index (χ0) is 24.1. The van der Waals surface area contributed by atoms with Gasteiger partial charge in [-0.2, -0.15) is 0 Å². The second-order valence-electron chi connectivity index (χ2n) is 10.1. The number of ether oxygens (including phenoxy) is 2. The summed E-state index contributed by atoms with van der Waals surface area (Å²) < 4.78 is 11.4. The maximum absolute atomic E-state index is 13.3. The van der Waals surface area contributed by atoms with Gasteiger partial charge in [0.25, 0.3) is 0 Å². The number of piperidine rings is 1. The molecule has 1 aliphatic heterocycles. The highest BCUT2D eigenvalue weighted by Gasteiger charge is 2.38. The molecule has 0 radical (unpaired) electrons. The molecule has 7 nitrogen and oxygen atoms in total. The summed E-state index contributed by atoms with van der Waals surface area (Å²) in [5.41, 5.74) is 1.22. The molecule has 2 amide bonds. The first-order valence-corrected chi connectivity index (χ1v) is 12.3. The third-order valence-electron chi connectivity index (χ3n) is 6.38. The van der Waals surface area contributed by atoms with E-state index in [-0.39, 0.29) is 30.9 Å². The van der Waals surface area contributed by atoms with E-state index in [9.17, 15) is 9.59 Å². The van der Waals surface area contributed by atoms with Crippen molar-refractivity contribution in [3.63, 3.8) is 0 Å². The Labute approximate surface area is 202 Å². The van der Waals surface area contributed by atoms with E-state index >= 15 is 0 Å². The maximum Gasteiger partial charge on any atom is 0.416 e. The molecule has 1 aromatic heterocycles. The summed E-state index contributed by atoms with van der Waals surface area (Å²) in [4.78, 5) is 34.5. The van der Waals surface area contributed by atoms with Crippen LogP contribution in [0, 0.1) is 0 Å². The summed E-state index contributed by atoms with van der Waals surface area (Å²) in [6.07, 6.45) is 6.62. The number of hydrogen-bond donors (Lipinski definition) is 0. The number of nitrogens with zero attached hydrogens (tertiary/aromatic N) is 3. The molecule has 1 aliphatic carbocycles. The van der Waals surface area contributed by atoms with E-state index in [0.717, 1.165) is 49.7 Å². The highest BCUT2D eigenvalue weighted by atomic mass is 16.6. The molecule has 1 saturated carbocycles. The Kier molecular flexibility index (Phi) is 7.39. The van der Waals surface area contributed by atoms with Crippen LogP contribution in [-0.2, 0) is 16.1 Å². The van der Waals surface area contributed by atoms with E-state index in [1.165, 1.54) is 0 Å². The van der Waals surface area contributed by atoms with Crippen LogP contribution in [0.3, 0.4) is 0 Å². The van der Waals surface area contributed by atoms with Crippen LogP contribution >= 0.6 is 0 Å². The molecule has 2 fully saturated rings. The van der Waals surface area contributed by atoms with E-state index in [0.29, 0.717) is 12.4 Å². The summed E-state index contributed by atoms with van der Waals surface area (Å²) in [6.45, 7) is 6.45. The lowest BCUT2D eigenvalue weighted by Crippen LogP contribution is -2.48. The monoisotopic (exact) mass is 465 g/mol. The van der Waals surface area contributed by atoms with Gasteiger partial charge in [0.1, 0.15) is 18.0 Å². The Morgan fingerprint density at radius 2 is 1.79 bits per heavy atom. The van der Waals surface area contributed by atoms with Gasteiger partial charge in [0.15, 0.2) is 0 Å². The van der Waals surface area contributed by atoms with Gasteiger partial charge in [-0.1, -0.05) is 36.4 Å². The molecule has 1 aromatic carbocycles. The number of anilines is 1. The number of carbonyl (C=O) groups excluding carboxylic acids is 2. The first kappa shape index (κ1) is 24.0. The molecule has 0 bridgehead atoms. The third kappa shape index (κ3) is 5.69. The summed E-state index contributed by atoms with van der Waals surface area (Å²) in [5.74, 6) is 0.592. The van der Waals surface area contributed by atoms with Crippen LogP contribution < -0.4 is 4.90 Å². The minimum Gasteiger partial charge on any atom is -0.445 e. The zero-order valence-corrected chi connectivity index (χ0v) is 20.4. The Morgan fingerprint density at radius 3 is 2.47 bits per heavy atom. The van der Waals surface area contributed by atoms with Crippen LogP contribution in [0.2, 0.25) is 0 Å². The lowest BCUT2D eigenvalue weighted by atomic mass is 9.90. The molecular formula is C27H35N3O4. The largest absolute Gasteiger partial charge is 0.445 e. The van der Waals surface area contributed by atoms with Gasteiger partial charge in [-0.25, -0.2) is 14.6 Å². The van der Waals surface area contributed by atoms with Gasteiger partial charge in [-0.3, -0.25) is 4.90 Å². The molecule has 1 saturated heterocycles. The van der Waals surface area contributed by atoms with E-state index < -0.39 is 5.60 Å². The fourth-order valence-electron chi connectivity index (χ4n) is 4.51. The van der Waals surface area contributed by atoms with Gasteiger partial charge in [-0.05, 0) is 70.9 Å². The summed E-state index contributed by atoms with van der Waals surface area (Å²) in [7, 11) is 0. The van der Waals surface area contributed by atoms with E-state index in [1.54, 1.807) is 16.0 Å². The zero-order valence-electron chi connectivity index (χ0n) is 20.4. The number of benzene rings is 1. The van der Waals surface area contributed by atoms with Crippen LogP contribution in [0.25, 0.3) is 0 Å². The molecule has 7 heteroatoms. The molecule has 34 heavy (non-hydrogen) atoms. The molecule has 2 heterocycles. The van der Waals surface area contributed by atoms with Crippen molar-refractivity contribution >= 4 is 18.0 Å². The van der Waals surface area contributed by atoms with Crippen molar-refractivity contribution < 1.29 is 19.1 Å². The van der Waals surface area contributed by atoms with E-state index in [1.807, 2.05) is 63.2 Å². The molecule has 0 spiro atoms. The molecular weight excluding hydrogens is 430 g/mol. The van der Waals surface area contributed by atoms with Crippen molar-refractivity contribution in [3.8, 4) is 0 Å². The normalized spacial score (nSPS) is 18.7. The van der Waals surface area contributed by atoms with Gasteiger partial charge in [0, 0.05) is 24.3 Å². The molecule has 4 rings (SSSR count). The van der Waals surface area contributed by atoms with Crippen LogP contribution in [0.5, 0.6) is 0 Å². The molecule has 1 atom stereocenters. The Bertz CT molecular complexity index is 985. The first-order chi connectivity index (χ1) is 16.3. The van der Waals surface area contributed by atoms with Crippen molar-refractivity contribution in [1.29, 1.82) is 0 Å². The number of pyridine rings is 1. The highest BCUT2D eigenvalue weighted by molar-refractivity contribution is 5.88. The predicted octanol–water partition coefficient (Wildman–Crippen LogP) is 6.24. The standard InChI is InChI=1S/C27H35N3O4/c1-27(2,3)34-26(32)30(21-13-9-14-21)24-22(15-10-17-28-24)23-16-7-8-18-29(23)25(31)33-19-20-11-5-4-6-12-20/h4-6,10-12,15,17,21,23H,7-9,13-14,16,18-19H2,1-3H3/t23-/m0/s1. The number of carbonyl (C=O) groups is 2. The average Bonchev–Trinajstić information content (AvgIpc) is 2.79. The number of amides is 2. The van der Waals surface area contributed by atoms with Crippen LogP contribution in [-0.4, -0.2) is 40.3 Å². The number of rotatable bonds is 5. The van der Waals surface area contributed by atoms with Crippen molar-refractivity contribution in [2.24, 2.45) is 0 Å². The van der Waals surface area contributed by atoms with E-state index in [4.69, 9.17) is 9.47 Å². The Morgan fingerprint density at radius 1 is 1.03 bits per heavy atom. The predicted molar refractivity (Wildman–Crippen MR) is 131 cm³/mol. The summed E-state index contributed by atoms with van der Waals surface area (Å²) in [5, 5.41) is 0. The number of likely N-dealkylation sites (tertiary alicyclic amines) is 1. The molecule has 0 unspecified atom stereocenters. The van der Waals surface area contributed by atoms with Crippen LogP contribution in [0.15, 0.2) is 48.7 Å². The molecule has 0 N–H and O–H groups in total. The number of hydrogen-bond acceptors (Lipinski definition) is 5. The number of aromatic nitrogens is 1. The van der Waals surface area contributed by atoms with Crippen LogP contribution in [0.1, 0.15) is 76.5 Å².